The van der Waals surface area contributed by atoms with Crippen molar-refractivity contribution in [3.05, 3.63) is 37.8 Å². The van der Waals surface area contributed by atoms with E-state index in [0.717, 1.165) is 15.3 Å². The molecule has 0 radical (unpaired) electrons. The Balaban J connectivity index is 1.70. The van der Waals surface area contributed by atoms with Gasteiger partial charge >= 0.3 is 0 Å². The minimum absolute atomic E-state index is 0.110. The number of halogens is 1. The van der Waals surface area contributed by atoms with Crippen LogP contribution in [0, 0.1) is 13.8 Å². The number of thiophene rings is 1. The van der Waals surface area contributed by atoms with E-state index in [0.29, 0.717) is 23.6 Å². The van der Waals surface area contributed by atoms with Crippen LogP contribution in [0.15, 0.2) is 20.4 Å². The van der Waals surface area contributed by atoms with Gasteiger partial charge in [0.1, 0.15) is 11.3 Å². The number of aromatic nitrogens is 1. The van der Waals surface area contributed by atoms with Gasteiger partial charge < -0.3 is 9.84 Å². The van der Waals surface area contributed by atoms with Crippen molar-refractivity contribution in [3.63, 3.8) is 0 Å². The number of amides is 1. The van der Waals surface area contributed by atoms with E-state index in [9.17, 15) is 4.79 Å². The Morgan fingerprint density at radius 1 is 1.50 bits per heavy atom. The molecule has 0 aromatic carbocycles. The summed E-state index contributed by atoms with van der Waals surface area (Å²) < 4.78 is 6.14. The van der Waals surface area contributed by atoms with Gasteiger partial charge in [-0.05, 0) is 41.9 Å². The molecular weight excluding hydrogens is 360 g/mol. The van der Waals surface area contributed by atoms with Crippen molar-refractivity contribution < 1.29 is 9.32 Å². The average molecular weight is 375 g/mol. The minimum atomic E-state index is -0.110. The van der Waals surface area contributed by atoms with Crippen molar-refractivity contribution in [1.29, 1.82) is 0 Å². The monoisotopic (exact) mass is 374 g/mol. The van der Waals surface area contributed by atoms with Gasteiger partial charge in [0.2, 0.25) is 0 Å². The van der Waals surface area contributed by atoms with Crippen LogP contribution >= 0.6 is 39.0 Å². The third-order valence-corrected chi connectivity index (χ3v) is 5.48. The molecule has 0 spiro atoms. The molecule has 1 N–H and O–H groups in total. The molecule has 0 fully saturated rings. The number of rotatable bonds is 6. The smallest absolute Gasteiger partial charge is 0.256 e. The average Bonchev–Trinajstić information content (AvgIpc) is 2.95. The number of carbonyl (C=O) groups is 1. The van der Waals surface area contributed by atoms with Crippen LogP contribution < -0.4 is 5.32 Å². The van der Waals surface area contributed by atoms with E-state index < -0.39 is 0 Å². The quantitative estimate of drug-likeness (QED) is 0.781. The van der Waals surface area contributed by atoms with Gasteiger partial charge in [0, 0.05) is 22.9 Å². The fourth-order valence-corrected chi connectivity index (χ4v) is 4.19. The lowest BCUT2D eigenvalue weighted by Gasteiger charge is -2.04. The number of nitrogens with zero attached hydrogens (tertiary/aromatic N) is 1. The molecule has 0 atom stereocenters. The maximum atomic E-state index is 12.0. The Morgan fingerprint density at radius 2 is 2.30 bits per heavy atom. The molecule has 0 aliphatic heterocycles. The van der Waals surface area contributed by atoms with Crippen LogP contribution in [-0.2, 0) is 5.75 Å². The lowest BCUT2D eigenvalue weighted by Crippen LogP contribution is -2.26. The van der Waals surface area contributed by atoms with Crippen LogP contribution in [0.5, 0.6) is 0 Å². The van der Waals surface area contributed by atoms with Gasteiger partial charge in [-0.1, -0.05) is 5.16 Å². The van der Waals surface area contributed by atoms with Gasteiger partial charge in [-0.3, -0.25) is 4.79 Å². The van der Waals surface area contributed by atoms with E-state index in [1.165, 1.54) is 4.88 Å². The Bertz CT molecular complexity index is 575. The maximum Gasteiger partial charge on any atom is 0.256 e. The van der Waals surface area contributed by atoms with Gasteiger partial charge in [0.05, 0.1) is 9.48 Å². The summed E-state index contributed by atoms with van der Waals surface area (Å²) in [5.41, 5.74) is 1.19. The zero-order chi connectivity index (χ0) is 14.5. The second-order valence-corrected chi connectivity index (χ2v) is 7.87. The number of thioether (sulfide) groups is 1. The number of aryl methyl sites for hydroxylation is 2. The van der Waals surface area contributed by atoms with Crippen molar-refractivity contribution in [1.82, 2.24) is 10.5 Å². The van der Waals surface area contributed by atoms with Crippen molar-refractivity contribution >= 4 is 44.9 Å². The highest BCUT2D eigenvalue weighted by molar-refractivity contribution is 9.11. The SMILES string of the molecule is Cc1noc(C)c1C(=O)NCCSCc1ccc(Br)s1. The van der Waals surface area contributed by atoms with Gasteiger partial charge in [0.15, 0.2) is 0 Å². The molecule has 2 heterocycles. The highest BCUT2D eigenvalue weighted by atomic mass is 79.9. The number of carbonyl (C=O) groups excluding carboxylic acids is 1. The Morgan fingerprint density at radius 3 is 2.90 bits per heavy atom. The third kappa shape index (κ3) is 4.10. The lowest BCUT2D eigenvalue weighted by atomic mass is 10.2. The zero-order valence-electron chi connectivity index (χ0n) is 11.2. The second kappa shape index (κ2) is 7.28. The number of hydrogen-bond donors (Lipinski definition) is 1. The first-order valence-electron chi connectivity index (χ1n) is 6.11. The minimum Gasteiger partial charge on any atom is -0.361 e. The van der Waals surface area contributed by atoms with Crippen LogP contribution in [0.2, 0.25) is 0 Å². The summed E-state index contributed by atoms with van der Waals surface area (Å²) in [7, 11) is 0. The first-order valence-corrected chi connectivity index (χ1v) is 8.87. The molecule has 0 aliphatic rings. The van der Waals surface area contributed by atoms with Crippen LogP contribution in [-0.4, -0.2) is 23.4 Å². The molecule has 0 bridgehead atoms. The molecule has 7 heteroatoms. The molecule has 0 saturated carbocycles. The normalized spacial score (nSPS) is 10.8. The Labute approximate surface area is 134 Å². The summed E-state index contributed by atoms with van der Waals surface area (Å²) in [5.74, 6) is 2.30. The summed E-state index contributed by atoms with van der Waals surface area (Å²) >= 11 is 6.99. The van der Waals surface area contributed by atoms with Crippen LogP contribution in [0.25, 0.3) is 0 Å². The molecule has 2 rings (SSSR count). The predicted octanol–water partition coefficient (Wildman–Crippen LogP) is 3.78. The molecular formula is C13H15BrN2O2S2. The zero-order valence-corrected chi connectivity index (χ0v) is 14.5. The van der Waals surface area contributed by atoms with E-state index in [-0.39, 0.29) is 5.91 Å². The van der Waals surface area contributed by atoms with E-state index >= 15 is 0 Å². The van der Waals surface area contributed by atoms with Crippen molar-refractivity contribution in [3.8, 4) is 0 Å². The molecule has 2 aromatic rings. The molecule has 20 heavy (non-hydrogen) atoms. The maximum absolute atomic E-state index is 12.0. The van der Waals surface area contributed by atoms with Gasteiger partial charge in [-0.2, -0.15) is 11.8 Å². The Kier molecular flexibility index (Phi) is 5.68. The predicted molar refractivity (Wildman–Crippen MR) is 86.5 cm³/mol. The fourth-order valence-electron chi connectivity index (χ4n) is 1.73. The molecule has 1 amide bonds. The standard InChI is InChI=1S/C13H15BrN2O2S2/c1-8-12(9(2)18-16-8)13(17)15-5-6-19-7-10-3-4-11(14)20-10/h3-4H,5-7H2,1-2H3,(H,15,17). The molecule has 0 aliphatic carbocycles. The van der Waals surface area contributed by atoms with E-state index in [1.54, 1.807) is 36.9 Å². The fraction of sp³-hybridized carbons (Fsp3) is 0.385. The first-order chi connectivity index (χ1) is 9.58. The Hall–Kier alpha value is -0.790. The summed E-state index contributed by atoms with van der Waals surface area (Å²) in [5, 5.41) is 6.67. The third-order valence-electron chi connectivity index (χ3n) is 2.67. The lowest BCUT2D eigenvalue weighted by molar-refractivity contribution is 0.0954. The summed E-state index contributed by atoms with van der Waals surface area (Å²) in [4.78, 5) is 13.3. The molecule has 108 valence electrons. The largest absolute Gasteiger partial charge is 0.361 e. The van der Waals surface area contributed by atoms with E-state index in [4.69, 9.17) is 4.52 Å². The van der Waals surface area contributed by atoms with Crippen molar-refractivity contribution in [2.75, 3.05) is 12.3 Å². The van der Waals surface area contributed by atoms with Gasteiger partial charge in [0.25, 0.3) is 5.91 Å². The number of hydrogen-bond acceptors (Lipinski definition) is 5. The van der Waals surface area contributed by atoms with Crippen LogP contribution in [0.1, 0.15) is 26.7 Å². The van der Waals surface area contributed by atoms with Crippen LogP contribution in [0.3, 0.4) is 0 Å². The topological polar surface area (TPSA) is 55.1 Å². The van der Waals surface area contributed by atoms with Crippen molar-refractivity contribution in [2.45, 2.75) is 19.6 Å². The second-order valence-electron chi connectivity index (χ2n) is 4.21. The van der Waals surface area contributed by atoms with Gasteiger partial charge in [-0.25, -0.2) is 0 Å². The molecule has 2 aromatic heterocycles. The number of nitrogens with one attached hydrogen (secondary N) is 1. The summed E-state index contributed by atoms with van der Waals surface area (Å²) in [6, 6.07) is 4.17. The van der Waals surface area contributed by atoms with Crippen molar-refractivity contribution in [2.24, 2.45) is 0 Å². The summed E-state index contributed by atoms with van der Waals surface area (Å²) in [6.45, 7) is 4.16. The molecule has 0 unspecified atom stereocenters. The van der Waals surface area contributed by atoms with E-state index in [2.05, 4.69) is 38.5 Å². The summed E-state index contributed by atoms with van der Waals surface area (Å²) in [6.07, 6.45) is 0. The first kappa shape index (κ1) is 15.6. The van der Waals surface area contributed by atoms with Gasteiger partial charge in [-0.15, -0.1) is 11.3 Å². The molecule has 4 nitrogen and oxygen atoms in total. The van der Waals surface area contributed by atoms with Crippen LogP contribution in [0.4, 0.5) is 0 Å². The molecule has 0 saturated heterocycles. The van der Waals surface area contributed by atoms with E-state index in [1.807, 2.05) is 0 Å². The highest BCUT2D eigenvalue weighted by Gasteiger charge is 2.16. The highest BCUT2D eigenvalue weighted by Crippen LogP contribution is 2.25.